The summed E-state index contributed by atoms with van der Waals surface area (Å²) in [6.07, 6.45) is 0. The first-order valence-corrected chi connectivity index (χ1v) is 6.64. The average Bonchev–Trinajstić information content (AvgIpc) is 2.47. The molecule has 0 aliphatic heterocycles. The SMILES string of the molecule is OCCN(Cc1ccccc1)c1c(F)cc(CO)cc1F. The molecule has 0 bridgehead atoms. The summed E-state index contributed by atoms with van der Waals surface area (Å²) in [6.45, 7) is -0.241. The first kappa shape index (κ1) is 15.4. The summed E-state index contributed by atoms with van der Waals surface area (Å²) in [4.78, 5) is 1.45. The smallest absolute Gasteiger partial charge is 0.149 e. The quantitative estimate of drug-likeness (QED) is 0.860. The molecule has 21 heavy (non-hydrogen) atoms. The van der Waals surface area contributed by atoms with E-state index in [-0.39, 0.29) is 30.9 Å². The fourth-order valence-electron chi connectivity index (χ4n) is 2.21. The monoisotopic (exact) mass is 293 g/mol. The van der Waals surface area contributed by atoms with Gasteiger partial charge in [0.25, 0.3) is 0 Å². The van der Waals surface area contributed by atoms with Gasteiger partial charge >= 0.3 is 0 Å². The minimum atomic E-state index is -0.747. The maximum atomic E-state index is 14.1. The van der Waals surface area contributed by atoms with Crippen LogP contribution < -0.4 is 4.90 Å². The first-order valence-electron chi connectivity index (χ1n) is 6.64. The predicted molar refractivity (Wildman–Crippen MR) is 76.9 cm³/mol. The molecule has 0 saturated carbocycles. The molecule has 0 atom stereocenters. The molecule has 0 spiro atoms. The molecule has 0 amide bonds. The summed E-state index contributed by atoms with van der Waals surface area (Å²) in [5.41, 5.74) is 0.874. The first-order chi connectivity index (χ1) is 10.2. The van der Waals surface area contributed by atoms with Crippen molar-refractivity contribution < 1.29 is 19.0 Å². The van der Waals surface area contributed by atoms with Gasteiger partial charge in [-0.1, -0.05) is 30.3 Å². The van der Waals surface area contributed by atoms with Crippen LogP contribution in [0.3, 0.4) is 0 Å². The van der Waals surface area contributed by atoms with Gasteiger partial charge < -0.3 is 15.1 Å². The van der Waals surface area contributed by atoms with Crippen molar-refractivity contribution in [2.24, 2.45) is 0 Å². The Hall–Kier alpha value is -1.98. The summed E-state index contributed by atoms with van der Waals surface area (Å²) in [6, 6.07) is 11.4. The Bertz CT molecular complexity index is 567. The van der Waals surface area contributed by atoms with Crippen LogP contribution in [0.25, 0.3) is 0 Å². The van der Waals surface area contributed by atoms with Gasteiger partial charge in [0, 0.05) is 13.1 Å². The molecule has 5 heteroatoms. The van der Waals surface area contributed by atoms with E-state index >= 15 is 0 Å². The number of aliphatic hydroxyl groups is 2. The third kappa shape index (κ3) is 3.77. The summed E-state index contributed by atoms with van der Waals surface area (Å²) in [7, 11) is 0. The molecule has 2 aromatic rings. The molecule has 112 valence electrons. The zero-order valence-electron chi connectivity index (χ0n) is 11.5. The molecule has 0 saturated heterocycles. The van der Waals surface area contributed by atoms with Gasteiger partial charge in [0.15, 0.2) is 0 Å². The largest absolute Gasteiger partial charge is 0.395 e. The molecule has 0 heterocycles. The number of halogens is 2. The van der Waals surface area contributed by atoms with Crippen molar-refractivity contribution in [2.45, 2.75) is 13.2 Å². The number of hydrogen-bond acceptors (Lipinski definition) is 3. The lowest BCUT2D eigenvalue weighted by atomic mass is 10.1. The average molecular weight is 293 g/mol. The highest BCUT2D eigenvalue weighted by Crippen LogP contribution is 2.26. The topological polar surface area (TPSA) is 43.7 Å². The van der Waals surface area contributed by atoms with Crippen LogP contribution in [0.15, 0.2) is 42.5 Å². The Morgan fingerprint density at radius 3 is 2.05 bits per heavy atom. The highest BCUT2D eigenvalue weighted by molar-refractivity contribution is 5.51. The van der Waals surface area contributed by atoms with Crippen LogP contribution in [0.5, 0.6) is 0 Å². The van der Waals surface area contributed by atoms with Crippen molar-refractivity contribution in [3.8, 4) is 0 Å². The van der Waals surface area contributed by atoms with E-state index in [9.17, 15) is 8.78 Å². The van der Waals surface area contributed by atoms with E-state index in [2.05, 4.69) is 0 Å². The molecule has 0 aliphatic rings. The van der Waals surface area contributed by atoms with Gasteiger partial charge in [-0.05, 0) is 23.3 Å². The number of benzene rings is 2. The molecule has 0 aromatic heterocycles. The van der Waals surface area contributed by atoms with Gasteiger partial charge in [-0.25, -0.2) is 8.78 Å². The highest BCUT2D eigenvalue weighted by atomic mass is 19.1. The Morgan fingerprint density at radius 1 is 0.905 bits per heavy atom. The third-order valence-electron chi connectivity index (χ3n) is 3.16. The Labute approximate surface area is 122 Å². The number of aliphatic hydroxyl groups excluding tert-OH is 2. The minimum absolute atomic E-state index is 0.112. The molecule has 2 N–H and O–H groups in total. The molecular formula is C16H17F2NO2. The van der Waals surface area contributed by atoms with E-state index in [0.29, 0.717) is 0 Å². The zero-order valence-corrected chi connectivity index (χ0v) is 11.5. The Kier molecular flexibility index (Phi) is 5.25. The van der Waals surface area contributed by atoms with E-state index in [4.69, 9.17) is 10.2 Å². The number of anilines is 1. The van der Waals surface area contributed by atoms with Gasteiger partial charge in [-0.2, -0.15) is 0 Å². The van der Waals surface area contributed by atoms with Crippen molar-refractivity contribution in [2.75, 3.05) is 18.1 Å². The second-order valence-electron chi connectivity index (χ2n) is 4.70. The maximum absolute atomic E-state index is 14.1. The normalized spacial score (nSPS) is 10.7. The number of hydrogen-bond donors (Lipinski definition) is 2. The second kappa shape index (κ2) is 7.15. The summed E-state index contributed by atoms with van der Waals surface area (Å²) in [5, 5.41) is 18.1. The number of nitrogens with zero attached hydrogens (tertiary/aromatic N) is 1. The van der Waals surface area contributed by atoms with Crippen LogP contribution in [0.4, 0.5) is 14.5 Å². The van der Waals surface area contributed by atoms with Gasteiger partial charge in [-0.15, -0.1) is 0 Å². The summed E-state index contributed by atoms with van der Waals surface area (Å²) in [5.74, 6) is -1.49. The molecule has 0 aliphatic carbocycles. The summed E-state index contributed by atoms with van der Waals surface area (Å²) >= 11 is 0. The van der Waals surface area contributed by atoms with Gasteiger partial charge in [-0.3, -0.25) is 0 Å². The van der Waals surface area contributed by atoms with E-state index < -0.39 is 18.2 Å². The fraction of sp³-hybridized carbons (Fsp3) is 0.250. The van der Waals surface area contributed by atoms with Crippen LogP contribution in [0, 0.1) is 11.6 Å². The maximum Gasteiger partial charge on any atom is 0.149 e. The molecule has 3 nitrogen and oxygen atoms in total. The van der Waals surface area contributed by atoms with E-state index in [1.807, 2.05) is 30.3 Å². The predicted octanol–water partition coefficient (Wildman–Crippen LogP) is 2.46. The van der Waals surface area contributed by atoms with Crippen molar-refractivity contribution in [3.63, 3.8) is 0 Å². The highest BCUT2D eigenvalue weighted by Gasteiger charge is 2.18. The van der Waals surface area contributed by atoms with Crippen LogP contribution in [0.1, 0.15) is 11.1 Å². The van der Waals surface area contributed by atoms with Crippen LogP contribution in [-0.4, -0.2) is 23.4 Å². The Morgan fingerprint density at radius 2 is 1.52 bits per heavy atom. The molecular weight excluding hydrogens is 276 g/mol. The van der Waals surface area contributed by atoms with E-state index in [1.54, 1.807) is 0 Å². The van der Waals surface area contributed by atoms with E-state index in [1.165, 1.54) is 4.90 Å². The van der Waals surface area contributed by atoms with Gasteiger partial charge in [0.05, 0.1) is 13.2 Å². The van der Waals surface area contributed by atoms with Crippen molar-refractivity contribution in [1.29, 1.82) is 0 Å². The third-order valence-corrected chi connectivity index (χ3v) is 3.16. The van der Waals surface area contributed by atoms with Crippen LogP contribution in [0.2, 0.25) is 0 Å². The number of rotatable bonds is 6. The zero-order chi connectivity index (χ0) is 15.2. The Balaban J connectivity index is 2.34. The minimum Gasteiger partial charge on any atom is -0.395 e. The van der Waals surface area contributed by atoms with Gasteiger partial charge in [0.2, 0.25) is 0 Å². The standard InChI is InChI=1S/C16H17F2NO2/c17-14-8-13(11-21)9-15(18)16(14)19(6-7-20)10-12-4-2-1-3-5-12/h1-5,8-9,20-21H,6-7,10-11H2. The van der Waals surface area contributed by atoms with Crippen molar-refractivity contribution >= 4 is 5.69 Å². The second-order valence-corrected chi connectivity index (χ2v) is 4.70. The molecule has 0 unspecified atom stereocenters. The van der Waals surface area contributed by atoms with Crippen molar-refractivity contribution in [3.05, 3.63) is 65.2 Å². The van der Waals surface area contributed by atoms with E-state index in [0.717, 1.165) is 17.7 Å². The summed E-state index contributed by atoms with van der Waals surface area (Å²) < 4.78 is 28.2. The van der Waals surface area contributed by atoms with Gasteiger partial charge in [0.1, 0.15) is 17.3 Å². The fourth-order valence-corrected chi connectivity index (χ4v) is 2.21. The van der Waals surface area contributed by atoms with Crippen molar-refractivity contribution in [1.82, 2.24) is 0 Å². The molecule has 0 radical (unpaired) electrons. The lowest BCUT2D eigenvalue weighted by Crippen LogP contribution is -2.28. The molecule has 2 rings (SSSR count). The van der Waals surface area contributed by atoms with Crippen LogP contribution in [-0.2, 0) is 13.2 Å². The molecule has 2 aromatic carbocycles. The lowest BCUT2D eigenvalue weighted by Gasteiger charge is -2.25. The van der Waals surface area contributed by atoms with Crippen LogP contribution >= 0.6 is 0 Å². The lowest BCUT2D eigenvalue weighted by molar-refractivity contribution is 0.280. The molecule has 0 fully saturated rings.